The van der Waals surface area contributed by atoms with Crippen molar-refractivity contribution in [2.24, 2.45) is 5.73 Å². The molecule has 0 aromatic heterocycles. The van der Waals surface area contributed by atoms with E-state index in [1.807, 2.05) is 0 Å². The van der Waals surface area contributed by atoms with Crippen LogP contribution in [0.1, 0.15) is 77.6 Å². The molecule has 0 bridgehead atoms. The van der Waals surface area contributed by atoms with E-state index < -0.39 is 24.6 Å². The molecular weight excluding hydrogens is 568 g/mol. The van der Waals surface area contributed by atoms with Crippen LogP contribution in [0.5, 0.6) is 0 Å². The fourth-order valence-electron chi connectivity index (χ4n) is 3.48. The maximum atomic E-state index is 11.9. The van der Waals surface area contributed by atoms with Crippen LogP contribution in [-0.2, 0) is 26.7 Å². The molecule has 0 saturated carbocycles. The Morgan fingerprint density at radius 3 is 1.88 bits per heavy atom. The van der Waals surface area contributed by atoms with E-state index in [9.17, 15) is 35.4 Å². The van der Waals surface area contributed by atoms with Crippen LogP contribution in [0, 0.1) is 0 Å². The summed E-state index contributed by atoms with van der Waals surface area (Å²) in [6, 6.07) is 0. The number of hydrogen-bond donors (Lipinski definition) is 9. The van der Waals surface area contributed by atoms with Crippen LogP contribution in [-0.4, -0.2) is 116 Å². The average Bonchev–Trinajstić information content (AvgIpc) is 2.91. The molecule has 3 atom stereocenters. The molecule has 0 aromatic carbocycles. The number of amides is 2. The van der Waals surface area contributed by atoms with Crippen LogP contribution in [0.4, 0.5) is 0 Å². The van der Waals surface area contributed by atoms with Gasteiger partial charge in [0.25, 0.3) is 0 Å². The third-order valence-corrected chi connectivity index (χ3v) is 5.97. The summed E-state index contributed by atoms with van der Waals surface area (Å²) in [7, 11) is 0. The molecule has 0 aliphatic rings. The molecule has 0 rings (SSSR count). The Morgan fingerprint density at radius 1 is 0.775 bits per heavy atom. The van der Waals surface area contributed by atoms with E-state index in [1.54, 1.807) is 0 Å². The Balaban J connectivity index is 0. The maximum Gasteiger partial charge on any atom is 0.243 e. The van der Waals surface area contributed by atoms with Gasteiger partial charge in [0.05, 0.1) is 0 Å². The van der Waals surface area contributed by atoms with Gasteiger partial charge in [-0.1, -0.05) is 19.3 Å². The first-order valence-electron chi connectivity index (χ1n) is 13.9. The second-order valence-corrected chi connectivity index (χ2v) is 9.52. The molecular formula is C25H52FeN6O8. The molecule has 2 amide bonds. The number of aliphatic hydroxyl groups excluding tert-OH is 3. The molecule has 3 unspecified atom stereocenters. The summed E-state index contributed by atoms with van der Waals surface area (Å²) in [6.07, 6.45) is 5.67. The molecule has 0 aliphatic carbocycles. The van der Waals surface area contributed by atoms with E-state index in [2.05, 4.69) is 10.6 Å². The van der Waals surface area contributed by atoms with Crippen molar-refractivity contribution in [1.29, 1.82) is 0 Å². The summed E-state index contributed by atoms with van der Waals surface area (Å²) in [5.74, 6) is -0.613. The van der Waals surface area contributed by atoms with Crippen molar-refractivity contribution in [1.82, 2.24) is 25.8 Å². The van der Waals surface area contributed by atoms with Gasteiger partial charge in [-0.15, -0.1) is 0 Å². The van der Waals surface area contributed by atoms with Crippen LogP contribution in [0.25, 0.3) is 0 Å². The number of carbonyl (C=O) groups is 2. The fourth-order valence-corrected chi connectivity index (χ4v) is 3.48. The van der Waals surface area contributed by atoms with Crippen LogP contribution in [0.2, 0.25) is 0 Å². The van der Waals surface area contributed by atoms with Gasteiger partial charge in [-0.2, -0.15) is 15.2 Å². The van der Waals surface area contributed by atoms with E-state index in [1.165, 1.54) is 19.1 Å². The van der Waals surface area contributed by atoms with E-state index in [0.717, 1.165) is 40.9 Å². The van der Waals surface area contributed by atoms with Crippen LogP contribution in [0.15, 0.2) is 12.2 Å². The molecule has 0 heterocycles. The van der Waals surface area contributed by atoms with Crippen LogP contribution in [0.3, 0.4) is 0 Å². The van der Waals surface area contributed by atoms with Crippen molar-refractivity contribution in [3.63, 3.8) is 0 Å². The number of hydrogen-bond acceptors (Lipinski definition) is 12. The molecule has 10 N–H and O–H groups in total. The zero-order valence-corrected chi connectivity index (χ0v) is 24.8. The van der Waals surface area contributed by atoms with Gasteiger partial charge in [-0.25, -0.2) is 0 Å². The minimum absolute atomic E-state index is 0. The zero-order chi connectivity index (χ0) is 29.5. The topological polar surface area (TPSA) is 215 Å². The van der Waals surface area contributed by atoms with Crippen LogP contribution < -0.4 is 16.4 Å². The molecule has 14 nitrogen and oxygen atoms in total. The van der Waals surface area contributed by atoms with Crippen LogP contribution >= 0.6 is 0 Å². The first-order valence-corrected chi connectivity index (χ1v) is 13.9. The zero-order valence-electron chi connectivity index (χ0n) is 23.7. The standard InChI is InChI=1S/C25H52N6O8.Fe/c1-21(32)29(37)18-9-3-6-16-27-22(33)12-14-25(36)31(39)20-10-4-7-17-28-23(34)11-13-24(35)30(38)19-8-2-5-15-26;/h11,13,21,24-25,32,35-39H,2-10,12,14-20,26H2,1H3,(H,27,33)(H,28,34);/b13-11-;. The van der Waals surface area contributed by atoms with E-state index in [0.29, 0.717) is 58.3 Å². The Morgan fingerprint density at radius 2 is 1.30 bits per heavy atom. The Bertz CT molecular complexity index is 665. The normalized spacial score (nSPS) is 14.0. The Kier molecular flexibility index (Phi) is 27.3. The SMILES string of the molecule is CC(O)N(O)CCCCCNC(=O)CCC(O)N(O)CCCCCNC(=O)/C=C\C(O)N(O)CCCCCN.[Fe]. The van der Waals surface area contributed by atoms with Crippen molar-refractivity contribution in [2.75, 3.05) is 39.3 Å². The van der Waals surface area contributed by atoms with Crippen molar-refractivity contribution in [2.45, 2.75) is 96.2 Å². The molecule has 15 heteroatoms. The molecule has 238 valence electrons. The van der Waals surface area contributed by atoms with Gasteiger partial charge < -0.3 is 47.3 Å². The number of nitrogens with two attached hydrogens (primary N) is 1. The maximum absolute atomic E-state index is 11.9. The molecule has 0 spiro atoms. The molecule has 0 aliphatic heterocycles. The summed E-state index contributed by atoms with van der Waals surface area (Å²) < 4.78 is 0. The quantitative estimate of drug-likeness (QED) is 0.0218. The Hall–Kier alpha value is -1.20. The summed E-state index contributed by atoms with van der Waals surface area (Å²) >= 11 is 0. The predicted octanol–water partition coefficient (Wildman–Crippen LogP) is 0.0710. The van der Waals surface area contributed by atoms with Gasteiger partial charge in [-0.05, 0) is 64.5 Å². The monoisotopic (exact) mass is 620 g/mol. The number of aliphatic hydroxyl groups is 3. The number of nitrogens with zero attached hydrogens (tertiary/aromatic N) is 3. The minimum atomic E-state index is -1.27. The first kappa shape index (κ1) is 40.9. The molecule has 0 radical (unpaired) electrons. The average molecular weight is 621 g/mol. The summed E-state index contributed by atoms with van der Waals surface area (Å²) in [5.41, 5.74) is 5.40. The largest absolute Gasteiger partial charge is 0.377 e. The molecule has 40 heavy (non-hydrogen) atoms. The predicted molar refractivity (Wildman–Crippen MR) is 144 cm³/mol. The van der Waals surface area contributed by atoms with E-state index >= 15 is 0 Å². The second-order valence-electron chi connectivity index (χ2n) is 9.52. The number of carbonyl (C=O) groups excluding carboxylic acids is 2. The minimum Gasteiger partial charge on any atom is -0.377 e. The third-order valence-electron chi connectivity index (χ3n) is 5.97. The number of nitrogens with one attached hydrogen (secondary N) is 2. The van der Waals surface area contributed by atoms with E-state index in [4.69, 9.17) is 10.8 Å². The summed E-state index contributed by atoms with van der Waals surface area (Å²) in [5, 5.41) is 65.9. The number of rotatable bonds is 25. The van der Waals surface area contributed by atoms with Crippen molar-refractivity contribution in [3.05, 3.63) is 12.2 Å². The van der Waals surface area contributed by atoms with Gasteiger partial charge in [0, 0.05) is 62.3 Å². The van der Waals surface area contributed by atoms with E-state index in [-0.39, 0.29) is 48.9 Å². The summed E-state index contributed by atoms with van der Waals surface area (Å²) in [4.78, 5) is 23.7. The van der Waals surface area contributed by atoms with Crippen molar-refractivity contribution in [3.8, 4) is 0 Å². The van der Waals surface area contributed by atoms with Crippen molar-refractivity contribution < 1.29 is 57.6 Å². The smallest absolute Gasteiger partial charge is 0.243 e. The van der Waals surface area contributed by atoms with Gasteiger partial charge in [-0.3, -0.25) is 9.59 Å². The van der Waals surface area contributed by atoms with Gasteiger partial charge in [0.2, 0.25) is 11.8 Å². The summed E-state index contributed by atoms with van der Waals surface area (Å²) in [6.45, 7) is 3.76. The van der Waals surface area contributed by atoms with Gasteiger partial charge in [0.15, 0.2) is 0 Å². The number of hydroxylamine groups is 6. The fraction of sp³-hybridized carbons (Fsp3) is 0.840. The second kappa shape index (κ2) is 26.7. The molecule has 0 saturated heterocycles. The van der Waals surface area contributed by atoms with Crippen molar-refractivity contribution >= 4 is 11.8 Å². The first-order chi connectivity index (χ1) is 18.6. The van der Waals surface area contributed by atoms with Gasteiger partial charge >= 0.3 is 0 Å². The van der Waals surface area contributed by atoms with Gasteiger partial charge in [0.1, 0.15) is 18.7 Å². The number of unbranched alkanes of at least 4 members (excludes halogenated alkanes) is 6. The Labute approximate surface area is 248 Å². The molecule has 0 fully saturated rings. The molecule has 0 aromatic rings. The third kappa shape index (κ3) is 23.5.